The number of carbonyl (C=O) groups is 1. The first-order valence-corrected chi connectivity index (χ1v) is 6.94. The fraction of sp³-hybridized carbons (Fsp3) is 0.533. The highest BCUT2D eigenvalue weighted by Crippen LogP contribution is 2.37. The molecule has 1 saturated carbocycles. The van der Waals surface area contributed by atoms with Crippen LogP contribution in [0, 0.1) is 5.92 Å². The molecule has 2 rings (SSSR count). The number of carboxylic acids is 1. The Balaban J connectivity index is 0.00000200. The number of rotatable bonds is 7. The van der Waals surface area contributed by atoms with E-state index in [-0.39, 0.29) is 24.8 Å². The van der Waals surface area contributed by atoms with Crippen LogP contribution in [0.15, 0.2) is 24.3 Å². The predicted molar refractivity (Wildman–Crippen MR) is 90.7 cm³/mol. The fourth-order valence-electron chi connectivity index (χ4n) is 2.48. The van der Waals surface area contributed by atoms with Crippen LogP contribution in [0.2, 0.25) is 0 Å². The Morgan fingerprint density at radius 2 is 2.10 bits per heavy atom. The van der Waals surface area contributed by atoms with Gasteiger partial charge in [0.15, 0.2) is 0 Å². The van der Waals surface area contributed by atoms with E-state index in [0.29, 0.717) is 12.5 Å². The number of benzene rings is 1. The molecule has 1 fully saturated rings. The van der Waals surface area contributed by atoms with Gasteiger partial charge in [0.05, 0.1) is 0 Å². The molecule has 0 spiro atoms. The minimum atomic E-state index is -0.954. The molecule has 120 valence electrons. The topological polar surface area (TPSA) is 75.3 Å². The van der Waals surface area contributed by atoms with Crippen LogP contribution in [0.4, 0.5) is 5.69 Å². The Kier molecular flexibility index (Phi) is 8.71. The van der Waals surface area contributed by atoms with Crippen LogP contribution in [0.3, 0.4) is 0 Å². The highest BCUT2D eigenvalue weighted by atomic mass is 35.5. The molecule has 1 aromatic carbocycles. The first-order chi connectivity index (χ1) is 9.11. The molecule has 6 heteroatoms. The van der Waals surface area contributed by atoms with Gasteiger partial charge in [-0.15, -0.1) is 24.8 Å². The van der Waals surface area contributed by atoms with E-state index in [9.17, 15) is 4.79 Å². The first kappa shape index (κ1) is 20.0. The molecule has 1 aromatic rings. The summed E-state index contributed by atoms with van der Waals surface area (Å²) in [6.45, 7) is 2.20. The van der Waals surface area contributed by atoms with Crippen molar-refractivity contribution in [2.45, 2.75) is 44.7 Å². The Hall–Kier alpha value is -0.970. The lowest BCUT2D eigenvalue weighted by atomic mass is 10.0. The van der Waals surface area contributed by atoms with Gasteiger partial charge >= 0.3 is 5.97 Å². The molecule has 3 unspecified atom stereocenters. The maximum Gasteiger partial charge on any atom is 0.320 e. The standard InChI is InChI=1S/C15H22N2O2.2ClH/c1-2-5-10-9-14(10)17-13-7-4-3-6-11(13)8-12(16)15(18)19;;/h3-4,6-7,10,12,14,17H,2,5,8-9,16H2,1H3,(H,18,19);2*1H. The summed E-state index contributed by atoms with van der Waals surface area (Å²) >= 11 is 0. The second-order valence-corrected chi connectivity index (χ2v) is 5.34. The Morgan fingerprint density at radius 3 is 2.71 bits per heavy atom. The average Bonchev–Trinajstić information content (AvgIpc) is 3.10. The van der Waals surface area contributed by atoms with Crippen molar-refractivity contribution in [3.63, 3.8) is 0 Å². The molecule has 0 radical (unpaired) electrons. The molecule has 4 nitrogen and oxygen atoms in total. The van der Waals surface area contributed by atoms with Crippen LogP contribution in [0.5, 0.6) is 0 Å². The quantitative estimate of drug-likeness (QED) is 0.716. The smallest absolute Gasteiger partial charge is 0.320 e. The van der Waals surface area contributed by atoms with Crippen molar-refractivity contribution in [2.24, 2.45) is 11.7 Å². The maximum atomic E-state index is 10.8. The predicted octanol–water partition coefficient (Wildman–Crippen LogP) is 3.09. The summed E-state index contributed by atoms with van der Waals surface area (Å²) in [7, 11) is 0. The molecule has 0 amide bonds. The summed E-state index contributed by atoms with van der Waals surface area (Å²) in [5.41, 5.74) is 7.63. The molecule has 0 aromatic heterocycles. The van der Waals surface area contributed by atoms with Gasteiger partial charge in [0.1, 0.15) is 6.04 Å². The lowest BCUT2D eigenvalue weighted by molar-refractivity contribution is -0.138. The van der Waals surface area contributed by atoms with Crippen molar-refractivity contribution < 1.29 is 9.90 Å². The van der Waals surface area contributed by atoms with Crippen molar-refractivity contribution in [3.05, 3.63) is 29.8 Å². The van der Waals surface area contributed by atoms with Crippen LogP contribution in [-0.4, -0.2) is 23.2 Å². The molecular formula is C15H24Cl2N2O2. The number of para-hydroxylation sites is 1. The number of carboxylic acid groups (broad SMARTS) is 1. The molecule has 4 N–H and O–H groups in total. The SMILES string of the molecule is CCCC1CC1Nc1ccccc1CC(N)C(=O)O.Cl.Cl. The van der Waals surface area contributed by atoms with Crippen molar-refractivity contribution in [3.8, 4) is 0 Å². The zero-order valence-electron chi connectivity index (χ0n) is 12.1. The number of nitrogens with two attached hydrogens (primary N) is 1. The van der Waals surface area contributed by atoms with E-state index in [0.717, 1.165) is 17.2 Å². The van der Waals surface area contributed by atoms with Gasteiger partial charge in [-0.25, -0.2) is 0 Å². The van der Waals surface area contributed by atoms with Gasteiger partial charge in [-0.2, -0.15) is 0 Å². The number of aliphatic carboxylic acids is 1. The Morgan fingerprint density at radius 1 is 1.43 bits per heavy atom. The summed E-state index contributed by atoms with van der Waals surface area (Å²) in [5, 5.41) is 12.4. The van der Waals surface area contributed by atoms with Crippen molar-refractivity contribution >= 4 is 36.5 Å². The van der Waals surface area contributed by atoms with E-state index in [1.807, 2.05) is 24.3 Å². The average molecular weight is 335 g/mol. The van der Waals surface area contributed by atoms with E-state index >= 15 is 0 Å². The van der Waals surface area contributed by atoms with Crippen LogP contribution >= 0.6 is 24.8 Å². The highest BCUT2D eigenvalue weighted by Gasteiger charge is 2.36. The van der Waals surface area contributed by atoms with Gasteiger partial charge in [-0.1, -0.05) is 31.5 Å². The minimum Gasteiger partial charge on any atom is -0.480 e. The molecule has 21 heavy (non-hydrogen) atoms. The van der Waals surface area contributed by atoms with E-state index < -0.39 is 12.0 Å². The normalized spacial score (nSPS) is 20.7. The second-order valence-electron chi connectivity index (χ2n) is 5.34. The number of anilines is 1. The zero-order chi connectivity index (χ0) is 13.8. The molecule has 3 atom stereocenters. The number of nitrogens with one attached hydrogen (secondary N) is 1. The molecule has 1 aliphatic rings. The van der Waals surface area contributed by atoms with Gasteiger partial charge in [-0.05, 0) is 30.4 Å². The largest absolute Gasteiger partial charge is 0.480 e. The van der Waals surface area contributed by atoms with Crippen molar-refractivity contribution in [2.75, 3.05) is 5.32 Å². The zero-order valence-corrected chi connectivity index (χ0v) is 13.8. The maximum absolute atomic E-state index is 10.8. The molecule has 0 bridgehead atoms. The molecular weight excluding hydrogens is 311 g/mol. The van der Waals surface area contributed by atoms with E-state index in [1.54, 1.807) is 0 Å². The Labute approximate surface area is 138 Å². The van der Waals surface area contributed by atoms with Crippen molar-refractivity contribution in [1.29, 1.82) is 0 Å². The van der Waals surface area contributed by atoms with E-state index in [1.165, 1.54) is 19.3 Å². The minimum absolute atomic E-state index is 0. The lowest BCUT2D eigenvalue weighted by Crippen LogP contribution is -2.32. The summed E-state index contributed by atoms with van der Waals surface area (Å²) in [4.78, 5) is 10.8. The van der Waals surface area contributed by atoms with Crippen LogP contribution in [0.1, 0.15) is 31.7 Å². The first-order valence-electron chi connectivity index (χ1n) is 6.94. The van der Waals surface area contributed by atoms with Crippen LogP contribution in [-0.2, 0) is 11.2 Å². The molecule has 0 saturated heterocycles. The Bertz CT molecular complexity index is 457. The summed E-state index contributed by atoms with van der Waals surface area (Å²) in [5.74, 6) is -0.184. The van der Waals surface area contributed by atoms with Gasteiger partial charge in [-0.3, -0.25) is 4.79 Å². The van der Waals surface area contributed by atoms with E-state index in [4.69, 9.17) is 10.8 Å². The third-order valence-corrected chi connectivity index (χ3v) is 3.70. The molecule has 1 aliphatic carbocycles. The van der Waals surface area contributed by atoms with Crippen molar-refractivity contribution in [1.82, 2.24) is 0 Å². The third-order valence-electron chi connectivity index (χ3n) is 3.70. The summed E-state index contributed by atoms with van der Waals surface area (Å²) in [6, 6.07) is 7.55. The monoisotopic (exact) mass is 334 g/mol. The number of hydrogen-bond donors (Lipinski definition) is 3. The fourth-order valence-corrected chi connectivity index (χ4v) is 2.48. The van der Waals surface area contributed by atoms with Gasteiger partial charge in [0, 0.05) is 18.2 Å². The third kappa shape index (κ3) is 5.73. The van der Waals surface area contributed by atoms with E-state index in [2.05, 4.69) is 12.2 Å². The summed E-state index contributed by atoms with van der Waals surface area (Å²) in [6.07, 6.45) is 4.06. The van der Waals surface area contributed by atoms with Crippen LogP contribution < -0.4 is 11.1 Å². The molecule has 0 heterocycles. The number of halogens is 2. The lowest BCUT2D eigenvalue weighted by Gasteiger charge is -2.13. The number of hydrogen-bond acceptors (Lipinski definition) is 3. The highest BCUT2D eigenvalue weighted by molar-refractivity contribution is 5.85. The van der Waals surface area contributed by atoms with Gasteiger partial charge in [0.25, 0.3) is 0 Å². The summed E-state index contributed by atoms with van der Waals surface area (Å²) < 4.78 is 0. The van der Waals surface area contributed by atoms with Gasteiger partial charge in [0.2, 0.25) is 0 Å². The van der Waals surface area contributed by atoms with Crippen LogP contribution in [0.25, 0.3) is 0 Å². The second kappa shape index (κ2) is 9.13. The molecule has 0 aliphatic heterocycles. The van der Waals surface area contributed by atoms with Gasteiger partial charge < -0.3 is 16.2 Å².